The Bertz CT molecular complexity index is 995. The fourth-order valence-electron chi connectivity index (χ4n) is 4.09. The molecule has 3 aromatic rings. The average Bonchev–Trinajstić information content (AvgIpc) is 3.38. The minimum Gasteiger partial charge on any atom is -0.450 e. The van der Waals surface area contributed by atoms with Gasteiger partial charge in [0.25, 0.3) is 5.91 Å². The molecule has 0 radical (unpaired) electrons. The van der Waals surface area contributed by atoms with Crippen molar-refractivity contribution in [2.75, 3.05) is 18.4 Å². The molecule has 1 saturated heterocycles. The summed E-state index contributed by atoms with van der Waals surface area (Å²) < 4.78 is 10.5. The smallest absolute Gasteiger partial charge is 0.348 e. The fourth-order valence-corrected chi connectivity index (χ4v) is 4.09. The third kappa shape index (κ3) is 5.30. The van der Waals surface area contributed by atoms with Crippen LogP contribution in [0, 0.1) is 5.92 Å². The highest BCUT2D eigenvalue weighted by atomic mass is 16.6. The first-order valence-corrected chi connectivity index (χ1v) is 11.0. The van der Waals surface area contributed by atoms with E-state index in [1.807, 2.05) is 0 Å². The van der Waals surface area contributed by atoms with Crippen LogP contribution < -0.4 is 10.6 Å². The topological polar surface area (TPSA) is 114 Å². The second-order valence-corrected chi connectivity index (χ2v) is 8.14. The van der Waals surface area contributed by atoms with Gasteiger partial charge in [-0.05, 0) is 49.4 Å². The third-order valence-corrected chi connectivity index (χ3v) is 5.92. The molecule has 8 nitrogen and oxygen atoms in total. The second-order valence-electron chi connectivity index (χ2n) is 8.14. The number of benzene rings is 2. The molecule has 1 aliphatic rings. The van der Waals surface area contributed by atoms with Gasteiger partial charge in [0.05, 0.1) is 0 Å². The highest BCUT2D eigenvalue weighted by Crippen LogP contribution is 2.32. The highest BCUT2D eigenvalue weighted by molar-refractivity contribution is 5.95. The van der Waals surface area contributed by atoms with Gasteiger partial charge in [0.15, 0.2) is 11.9 Å². The van der Waals surface area contributed by atoms with Crippen molar-refractivity contribution in [2.45, 2.75) is 31.0 Å². The number of rotatable bonds is 8. The van der Waals surface area contributed by atoms with Gasteiger partial charge < -0.3 is 25.0 Å². The zero-order valence-corrected chi connectivity index (χ0v) is 18.1. The van der Waals surface area contributed by atoms with Crippen molar-refractivity contribution < 1.29 is 24.0 Å². The molecule has 1 amide bonds. The Hall–Kier alpha value is -3.49. The van der Waals surface area contributed by atoms with Crippen molar-refractivity contribution in [3.05, 3.63) is 84.1 Å². The lowest BCUT2D eigenvalue weighted by molar-refractivity contribution is -0.171. The number of carbonyl (C=O) groups excluding carboxylic acids is 2. The van der Waals surface area contributed by atoms with Gasteiger partial charge in [-0.2, -0.15) is 0 Å². The van der Waals surface area contributed by atoms with Crippen molar-refractivity contribution >= 4 is 17.7 Å². The van der Waals surface area contributed by atoms with E-state index in [4.69, 9.17) is 9.26 Å². The second kappa shape index (κ2) is 10.4. The summed E-state index contributed by atoms with van der Waals surface area (Å²) in [6.07, 6.45) is 2.32. The third-order valence-electron chi connectivity index (χ3n) is 5.92. The maximum atomic E-state index is 13.5. The maximum absolute atomic E-state index is 13.5. The number of piperidine rings is 1. The summed E-state index contributed by atoms with van der Waals surface area (Å²) in [7, 11) is 0. The van der Waals surface area contributed by atoms with Gasteiger partial charge in [-0.3, -0.25) is 4.79 Å². The number of hydrogen-bond donors (Lipinski definition) is 3. The molecule has 33 heavy (non-hydrogen) atoms. The lowest BCUT2D eigenvalue weighted by atomic mass is 9.86. The largest absolute Gasteiger partial charge is 0.450 e. The number of ether oxygens (including phenoxy) is 1. The average molecular weight is 450 g/mol. The molecule has 4 rings (SSSR count). The van der Waals surface area contributed by atoms with Crippen molar-refractivity contribution in [3.8, 4) is 0 Å². The molecule has 0 bridgehead atoms. The predicted octanol–water partition coefficient (Wildman–Crippen LogP) is 2.85. The maximum Gasteiger partial charge on any atom is 0.348 e. The Morgan fingerprint density at radius 3 is 2.21 bits per heavy atom. The Balaban J connectivity index is 1.62. The monoisotopic (exact) mass is 449 g/mol. The molecule has 1 fully saturated rings. The Kier molecular flexibility index (Phi) is 7.16. The zero-order valence-electron chi connectivity index (χ0n) is 18.1. The molecule has 0 spiro atoms. The van der Waals surface area contributed by atoms with Gasteiger partial charge >= 0.3 is 5.97 Å². The number of anilines is 1. The van der Waals surface area contributed by atoms with E-state index in [0.717, 1.165) is 25.9 Å². The molecule has 1 aliphatic heterocycles. The summed E-state index contributed by atoms with van der Waals surface area (Å²) in [5, 5.41) is 21.3. The quantitative estimate of drug-likeness (QED) is 0.453. The Morgan fingerprint density at radius 2 is 1.67 bits per heavy atom. The number of hydrogen-bond acceptors (Lipinski definition) is 7. The first kappa shape index (κ1) is 22.7. The molecular weight excluding hydrogens is 422 g/mol. The number of amides is 1. The van der Waals surface area contributed by atoms with E-state index in [2.05, 4.69) is 15.8 Å². The molecule has 2 heterocycles. The van der Waals surface area contributed by atoms with Gasteiger partial charge in [-0.15, -0.1) is 0 Å². The summed E-state index contributed by atoms with van der Waals surface area (Å²) in [6, 6.07) is 18.7. The van der Waals surface area contributed by atoms with Crippen molar-refractivity contribution in [1.29, 1.82) is 0 Å². The summed E-state index contributed by atoms with van der Waals surface area (Å²) in [6.45, 7) is 1.68. The van der Waals surface area contributed by atoms with Gasteiger partial charge in [0, 0.05) is 6.07 Å². The molecule has 8 heteroatoms. The molecule has 1 atom stereocenters. The molecule has 0 saturated carbocycles. The van der Waals surface area contributed by atoms with Gasteiger partial charge in [-0.1, -0.05) is 65.8 Å². The molecular formula is C25H27N3O5. The standard InChI is InChI=1S/C25H27N3O5/c29-23(27-22-13-16-32-28-22)21(17-18-11-14-26-15-12-18)33-24(30)25(31,19-7-3-1-4-8-19)20-9-5-2-6-10-20/h1-10,13,16,18,21,26,31H,11-12,14-15,17H2,(H,27,28,29). The lowest BCUT2D eigenvalue weighted by Gasteiger charge is -2.31. The van der Waals surface area contributed by atoms with E-state index in [1.165, 1.54) is 12.3 Å². The zero-order chi connectivity index (χ0) is 23.1. The highest BCUT2D eigenvalue weighted by Gasteiger charge is 2.44. The van der Waals surface area contributed by atoms with Gasteiger partial charge in [-0.25, -0.2) is 4.79 Å². The fraction of sp³-hybridized carbons (Fsp3) is 0.320. The van der Waals surface area contributed by atoms with Crippen LogP contribution in [0.5, 0.6) is 0 Å². The number of nitrogens with zero attached hydrogens (tertiary/aromatic N) is 1. The van der Waals surface area contributed by atoms with E-state index < -0.39 is 23.6 Å². The van der Waals surface area contributed by atoms with Crippen LogP contribution in [-0.4, -0.2) is 41.3 Å². The van der Waals surface area contributed by atoms with Crippen molar-refractivity contribution in [2.24, 2.45) is 5.92 Å². The summed E-state index contributed by atoms with van der Waals surface area (Å²) in [5.41, 5.74) is -1.35. The summed E-state index contributed by atoms with van der Waals surface area (Å²) in [5.74, 6) is -0.991. The Morgan fingerprint density at radius 1 is 1.06 bits per heavy atom. The Labute approximate surface area is 191 Å². The van der Waals surface area contributed by atoms with Crippen molar-refractivity contribution in [3.63, 3.8) is 0 Å². The lowest BCUT2D eigenvalue weighted by Crippen LogP contribution is -2.44. The SMILES string of the molecule is O=C(Nc1ccon1)C(CC1CCNCC1)OC(=O)C(O)(c1ccccc1)c1ccccc1. The van der Waals surface area contributed by atoms with Crippen LogP contribution in [0.3, 0.4) is 0 Å². The van der Waals surface area contributed by atoms with Crippen LogP contribution in [-0.2, 0) is 19.9 Å². The van der Waals surface area contributed by atoms with Gasteiger partial charge in [0.2, 0.25) is 5.60 Å². The minimum atomic E-state index is -2.07. The normalized spacial score (nSPS) is 15.5. The van der Waals surface area contributed by atoms with E-state index in [1.54, 1.807) is 60.7 Å². The minimum absolute atomic E-state index is 0.202. The van der Waals surface area contributed by atoms with Crippen LogP contribution in [0.4, 0.5) is 5.82 Å². The van der Waals surface area contributed by atoms with E-state index in [0.29, 0.717) is 17.5 Å². The van der Waals surface area contributed by atoms with Crippen molar-refractivity contribution in [1.82, 2.24) is 10.5 Å². The van der Waals surface area contributed by atoms with Crippen LogP contribution in [0.1, 0.15) is 30.4 Å². The number of carbonyl (C=O) groups is 2. The van der Waals surface area contributed by atoms with Crippen LogP contribution >= 0.6 is 0 Å². The first-order chi connectivity index (χ1) is 16.1. The van der Waals surface area contributed by atoms with Crippen LogP contribution in [0.15, 0.2) is 77.5 Å². The van der Waals surface area contributed by atoms with E-state index in [-0.39, 0.29) is 11.7 Å². The number of aliphatic hydroxyl groups is 1. The molecule has 2 aromatic carbocycles. The van der Waals surface area contributed by atoms with E-state index >= 15 is 0 Å². The molecule has 172 valence electrons. The number of aromatic nitrogens is 1. The molecule has 1 aromatic heterocycles. The van der Waals surface area contributed by atoms with E-state index in [9.17, 15) is 14.7 Å². The van der Waals surface area contributed by atoms with Crippen LogP contribution in [0.2, 0.25) is 0 Å². The molecule has 1 unspecified atom stereocenters. The summed E-state index contributed by atoms with van der Waals surface area (Å²) >= 11 is 0. The number of esters is 1. The van der Waals surface area contributed by atoms with Gasteiger partial charge in [0.1, 0.15) is 6.26 Å². The predicted molar refractivity (Wildman–Crippen MR) is 121 cm³/mol. The molecule has 3 N–H and O–H groups in total. The number of nitrogens with one attached hydrogen (secondary N) is 2. The van der Waals surface area contributed by atoms with Crippen LogP contribution in [0.25, 0.3) is 0 Å². The summed E-state index contributed by atoms with van der Waals surface area (Å²) in [4.78, 5) is 26.6. The first-order valence-electron chi connectivity index (χ1n) is 11.0. The molecule has 0 aliphatic carbocycles.